The van der Waals surface area contributed by atoms with Crippen molar-refractivity contribution in [1.29, 1.82) is 0 Å². The van der Waals surface area contributed by atoms with Gasteiger partial charge >= 0.3 is 5.97 Å². The Morgan fingerprint density at radius 3 is 2.65 bits per heavy atom. The number of benzene rings is 1. The Morgan fingerprint density at radius 1 is 1.35 bits per heavy atom. The van der Waals surface area contributed by atoms with Crippen LogP contribution in [0.1, 0.15) is 22.8 Å². The van der Waals surface area contributed by atoms with Crippen molar-refractivity contribution in [3.63, 3.8) is 0 Å². The molecule has 4 nitrogen and oxygen atoms in total. The van der Waals surface area contributed by atoms with Crippen LogP contribution < -0.4 is 5.32 Å². The summed E-state index contributed by atoms with van der Waals surface area (Å²) in [7, 11) is 1.32. The first-order chi connectivity index (χ1) is 8.08. The standard InChI is InChI=1S/C13H15NO3/c1-4-5-12(15)14-11-8-10(13(16)17-3)7-6-9(11)2/h4-8H,1-3H3,(H,14,15). The minimum absolute atomic E-state index is 0.224. The summed E-state index contributed by atoms with van der Waals surface area (Å²) < 4.78 is 4.62. The second kappa shape index (κ2) is 5.84. The van der Waals surface area contributed by atoms with Crippen LogP contribution in [-0.4, -0.2) is 19.0 Å². The van der Waals surface area contributed by atoms with E-state index >= 15 is 0 Å². The second-order valence-corrected chi connectivity index (χ2v) is 3.51. The molecule has 0 aliphatic heterocycles. The first-order valence-electron chi connectivity index (χ1n) is 5.21. The van der Waals surface area contributed by atoms with Crippen molar-refractivity contribution >= 4 is 17.6 Å². The van der Waals surface area contributed by atoms with E-state index < -0.39 is 5.97 Å². The lowest BCUT2D eigenvalue weighted by molar-refractivity contribution is -0.111. The Bertz CT molecular complexity index is 464. The van der Waals surface area contributed by atoms with E-state index in [-0.39, 0.29) is 5.91 Å². The van der Waals surface area contributed by atoms with Gasteiger partial charge in [0.1, 0.15) is 0 Å². The van der Waals surface area contributed by atoms with Gasteiger partial charge in [-0.15, -0.1) is 0 Å². The van der Waals surface area contributed by atoms with Crippen LogP contribution in [0, 0.1) is 6.92 Å². The van der Waals surface area contributed by atoms with Gasteiger partial charge in [0.25, 0.3) is 0 Å². The van der Waals surface area contributed by atoms with E-state index in [1.807, 2.05) is 6.92 Å². The molecule has 1 aromatic rings. The molecule has 0 aliphatic carbocycles. The number of esters is 1. The number of carbonyl (C=O) groups is 2. The zero-order valence-electron chi connectivity index (χ0n) is 10.1. The molecule has 0 spiro atoms. The van der Waals surface area contributed by atoms with E-state index in [1.54, 1.807) is 31.2 Å². The summed E-state index contributed by atoms with van der Waals surface area (Å²) in [5.74, 6) is -0.649. The number of ether oxygens (including phenoxy) is 1. The number of aryl methyl sites for hydroxylation is 1. The molecule has 0 heterocycles. The highest BCUT2D eigenvalue weighted by atomic mass is 16.5. The van der Waals surface area contributed by atoms with E-state index in [9.17, 15) is 9.59 Å². The Balaban J connectivity index is 2.98. The van der Waals surface area contributed by atoms with Crippen molar-refractivity contribution in [2.75, 3.05) is 12.4 Å². The fourth-order valence-corrected chi connectivity index (χ4v) is 1.33. The summed E-state index contributed by atoms with van der Waals surface area (Å²) in [5, 5.41) is 2.70. The molecule has 4 heteroatoms. The van der Waals surface area contributed by atoms with E-state index in [4.69, 9.17) is 0 Å². The minimum atomic E-state index is -0.425. The van der Waals surface area contributed by atoms with Crippen LogP contribution in [0.2, 0.25) is 0 Å². The average Bonchev–Trinajstić information content (AvgIpc) is 2.31. The van der Waals surface area contributed by atoms with Crippen LogP contribution in [0.3, 0.4) is 0 Å². The largest absolute Gasteiger partial charge is 0.465 e. The molecule has 1 rings (SSSR count). The number of allylic oxidation sites excluding steroid dienone is 1. The van der Waals surface area contributed by atoms with Crippen LogP contribution in [-0.2, 0) is 9.53 Å². The summed E-state index contributed by atoms with van der Waals surface area (Å²) in [5.41, 5.74) is 1.90. The minimum Gasteiger partial charge on any atom is -0.465 e. The third kappa shape index (κ3) is 3.45. The van der Waals surface area contributed by atoms with Gasteiger partial charge in [0.2, 0.25) is 5.91 Å². The molecular weight excluding hydrogens is 218 g/mol. The molecule has 0 fully saturated rings. The van der Waals surface area contributed by atoms with Gasteiger partial charge in [-0.05, 0) is 37.6 Å². The fraction of sp³-hybridized carbons (Fsp3) is 0.231. The highest BCUT2D eigenvalue weighted by Crippen LogP contribution is 2.17. The number of hydrogen-bond acceptors (Lipinski definition) is 3. The van der Waals surface area contributed by atoms with Crippen molar-refractivity contribution in [2.45, 2.75) is 13.8 Å². The first kappa shape index (κ1) is 13.0. The molecule has 1 amide bonds. The number of anilines is 1. The van der Waals surface area contributed by atoms with Crippen molar-refractivity contribution in [1.82, 2.24) is 0 Å². The first-order valence-corrected chi connectivity index (χ1v) is 5.21. The molecule has 0 aliphatic rings. The maximum atomic E-state index is 11.4. The zero-order chi connectivity index (χ0) is 12.8. The van der Waals surface area contributed by atoms with Crippen molar-refractivity contribution in [3.05, 3.63) is 41.5 Å². The Hall–Kier alpha value is -2.10. The number of methoxy groups -OCH3 is 1. The Morgan fingerprint density at radius 2 is 2.06 bits per heavy atom. The summed E-state index contributed by atoms with van der Waals surface area (Å²) in [6.07, 6.45) is 3.07. The Kier molecular flexibility index (Phi) is 4.46. The summed E-state index contributed by atoms with van der Waals surface area (Å²) in [4.78, 5) is 22.7. The lowest BCUT2D eigenvalue weighted by atomic mass is 10.1. The third-order valence-corrected chi connectivity index (χ3v) is 2.23. The maximum absolute atomic E-state index is 11.4. The normalized spacial score (nSPS) is 10.3. The zero-order valence-corrected chi connectivity index (χ0v) is 10.1. The van der Waals surface area contributed by atoms with Gasteiger partial charge in [-0.1, -0.05) is 12.1 Å². The molecule has 0 unspecified atom stereocenters. The van der Waals surface area contributed by atoms with E-state index in [2.05, 4.69) is 10.1 Å². The lowest BCUT2D eigenvalue weighted by Crippen LogP contribution is -2.10. The molecule has 0 saturated heterocycles. The average molecular weight is 233 g/mol. The quantitative estimate of drug-likeness (QED) is 0.643. The molecule has 17 heavy (non-hydrogen) atoms. The SMILES string of the molecule is CC=CC(=O)Nc1cc(C(=O)OC)ccc1C. The van der Waals surface area contributed by atoms with Crippen LogP contribution in [0.4, 0.5) is 5.69 Å². The highest BCUT2D eigenvalue weighted by molar-refractivity contribution is 6.00. The summed E-state index contributed by atoms with van der Waals surface area (Å²) >= 11 is 0. The smallest absolute Gasteiger partial charge is 0.337 e. The number of carbonyl (C=O) groups excluding carboxylic acids is 2. The van der Waals surface area contributed by atoms with Gasteiger partial charge in [0.05, 0.1) is 12.7 Å². The molecular formula is C13H15NO3. The Labute approximate surface area is 100 Å². The van der Waals surface area contributed by atoms with E-state index in [1.165, 1.54) is 13.2 Å². The summed E-state index contributed by atoms with van der Waals surface area (Å²) in [6, 6.07) is 5.02. The van der Waals surface area contributed by atoms with E-state index in [0.29, 0.717) is 11.3 Å². The van der Waals surface area contributed by atoms with Crippen LogP contribution in [0.15, 0.2) is 30.4 Å². The van der Waals surface area contributed by atoms with Gasteiger partial charge in [-0.2, -0.15) is 0 Å². The van der Waals surface area contributed by atoms with Crippen molar-refractivity contribution in [3.8, 4) is 0 Å². The third-order valence-electron chi connectivity index (χ3n) is 2.23. The van der Waals surface area contributed by atoms with Gasteiger partial charge in [-0.25, -0.2) is 4.79 Å². The molecule has 90 valence electrons. The summed E-state index contributed by atoms with van der Waals surface area (Å²) in [6.45, 7) is 3.61. The van der Waals surface area contributed by atoms with Gasteiger partial charge < -0.3 is 10.1 Å². The van der Waals surface area contributed by atoms with E-state index in [0.717, 1.165) is 5.56 Å². The van der Waals surface area contributed by atoms with Gasteiger partial charge in [0, 0.05) is 5.69 Å². The molecule has 1 N–H and O–H groups in total. The van der Waals surface area contributed by atoms with Gasteiger partial charge in [0.15, 0.2) is 0 Å². The molecule has 1 aromatic carbocycles. The predicted octanol–water partition coefficient (Wildman–Crippen LogP) is 2.30. The van der Waals surface area contributed by atoms with Crippen LogP contribution in [0.25, 0.3) is 0 Å². The molecule has 0 aromatic heterocycles. The van der Waals surface area contributed by atoms with Crippen LogP contribution in [0.5, 0.6) is 0 Å². The molecule has 0 radical (unpaired) electrons. The second-order valence-electron chi connectivity index (χ2n) is 3.51. The molecule has 0 saturated carbocycles. The van der Waals surface area contributed by atoms with Crippen molar-refractivity contribution in [2.24, 2.45) is 0 Å². The lowest BCUT2D eigenvalue weighted by Gasteiger charge is -2.08. The van der Waals surface area contributed by atoms with Crippen molar-refractivity contribution < 1.29 is 14.3 Å². The molecule has 0 atom stereocenters. The number of nitrogens with one attached hydrogen (secondary N) is 1. The van der Waals surface area contributed by atoms with Crippen LogP contribution >= 0.6 is 0 Å². The van der Waals surface area contributed by atoms with Gasteiger partial charge in [-0.3, -0.25) is 4.79 Å². The number of hydrogen-bond donors (Lipinski definition) is 1. The predicted molar refractivity (Wildman–Crippen MR) is 66.0 cm³/mol. The fourth-order valence-electron chi connectivity index (χ4n) is 1.33. The molecule has 0 bridgehead atoms. The highest BCUT2D eigenvalue weighted by Gasteiger charge is 2.08. The number of amides is 1. The monoisotopic (exact) mass is 233 g/mol. The number of rotatable bonds is 3. The topological polar surface area (TPSA) is 55.4 Å². The maximum Gasteiger partial charge on any atom is 0.337 e.